The molecule has 116 valence electrons. The van der Waals surface area contributed by atoms with E-state index in [1.165, 1.54) is 6.07 Å². The predicted molar refractivity (Wildman–Crippen MR) is 82.1 cm³/mol. The molecule has 3 rings (SSSR count). The molecule has 0 aromatic heterocycles. The van der Waals surface area contributed by atoms with Crippen LogP contribution in [-0.2, 0) is 0 Å². The highest BCUT2D eigenvalue weighted by Crippen LogP contribution is 2.45. The lowest BCUT2D eigenvalue weighted by atomic mass is 9.85. The molecular weight excluding hydrogens is 267 g/mol. The molecule has 1 aromatic carbocycles. The van der Waals surface area contributed by atoms with Crippen molar-refractivity contribution >= 4 is 0 Å². The molecule has 0 bridgehead atoms. The van der Waals surface area contributed by atoms with Gasteiger partial charge in [0.15, 0.2) is 0 Å². The van der Waals surface area contributed by atoms with Gasteiger partial charge >= 0.3 is 0 Å². The van der Waals surface area contributed by atoms with Crippen LogP contribution in [0, 0.1) is 5.82 Å². The summed E-state index contributed by atoms with van der Waals surface area (Å²) < 4.78 is 19.9. The molecule has 0 radical (unpaired) electrons. The monoisotopic (exact) mass is 292 g/mol. The van der Waals surface area contributed by atoms with E-state index in [4.69, 9.17) is 4.74 Å². The summed E-state index contributed by atoms with van der Waals surface area (Å²) in [7, 11) is 2.14. The van der Waals surface area contributed by atoms with Gasteiger partial charge in [-0.2, -0.15) is 0 Å². The van der Waals surface area contributed by atoms with Crippen LogP contribution in [0.5, 0.6) is 5.75 Å². The zero-order chi connectivity index (χ0) is 15.0. The maximum absolute atomic E-state index is 13.6. The molecule has 0 aliphatic carbocycles. The van der Waals surface area contributed by atoms with Crippen LogP contribution >= 0.6 is 0 Å². The van der Waals surface area contributed by atoms with Crippen molar-refractivity contribution in [2.45, 2.75) is 50.8 Å². The highest BCUT2D eigenvalue weighted by Gasteiger charge is 2.47. The standard InChI is InChI=1S/C17H25FN2O/c1-4-7-19-15-10-17(9-12(2)20(3)11-17)21-16-8-13(18)5-6-14(15)16/h5-6,8,12,15,19H,4,7,9-11H2,1-3H3. The SMILES string of the molecule is CCCNC1CC2(CC(C)N(C)C2)Oc2cc(F)ccc21. The van der Waals surface area contributed by atoms with Crippen molar-refractivity contribution in [1.29, 1.82) is 0 Å². The van der Waals surface area contributed by atoms with Gasteiger partial charge in [-0.3, -0.25) is 4.90 Å². The van der Waals surface area contributed by atoms with E-state index in [0.29, 0.717) is 6.04 Å². The Labute approximate surface area is 126 Å². The van der Waals surface area contributed by atoms with E-state index in [-0.39, 0.29) is 17.5 Å². The quantitative estimate of drug-likeness (QED) is 0.926. The molecule has 0 amide bonds. The van der Waals surface area contributed by atoms with Crippen LogP contribution in [0.15, 0.2) is 18.2 Å². The summed E-state index contributed by atoms with van der Waals surface area (Å²) >= 11 is 0. The Hall–Kier alpha value is -1.13. The van der Waals surface area contributed by atoms with Crippen LogP contribution in [0.4, 0.5) is 4.39 Å². The minimum absolute atomic E-state index is 0.180. The van der Waals surface area contributed by atoms with Crippen LogP contribution in [0.25, 0.3) is 0 Å². The van der Waals surface area contributed by atoms with E-state index in [2.05, 4.69) is 31.1 Å². The number of hydrogen-bond donors (Lipinski definition) is 1. The lowest BCUT2D eigenvalue weighted by molar-refractivity contribution is 0.0401. The first-order valence-corrected chi connectivity index (χ1v) is 7.95. The smallest absolute Gasteiger partial charge is 0.127 e. The number of nitrogens with zero attached hydrogens (tertiary/aromatic N) is 1. The van der Waals surface area contributed by atoms with Gasteiger partial charge in [-0.05, 0) is 33.0 Å². The van der Waals surface area contributed by atoms with Crippen LogP contribution in [0.3, 0.4) is 0 Å². The van der Waals surface area contributed by atoms with E-state index in [0.717, 1.165) is 43.7 Å². The zero-order valence-corrected chi connectivity index (χ0v) is 13.2. The number of rotatable bonds is 3. The third-order valence-corrected chi connectivity index (χ3v) is 4.85. The van der Waals surface area contributed by atoms with Gasteiger partial charge in [0.25, 0.3) is 0 Å². The first-order chi connectivity index (χ1) is 10.0. The zero-order valence-electron chi connectivity index (χ0n) is 13.2. The molecule has 3 atom stereocenters. The molecule has 1 N–H and O–H groups in total. The predicted octanol–water partition coefficient (Wildman–Crippen LogP) is 3.11. The van der Waals surface area contributed by atoms with Gasteiger partial charge in [0.1, 0.15) is 17.2 Å². The van der Waals surface area contributed by atoms with Gasteiger partial charge in [-0.15, -0.1) is 0 Å². The fraction of sp³-hybridized carbons (Fsp3) is 0.647. The molecule has 21 heavy (non-hydrogen) atoms. The lowest BCUT2D eigenvalue weighted by Crippen LogP contribution is -2.46. The Morgan fingerprint density at radius 2 is 2.24 bits per heavy atom. The number of halogens is 1. The third-order valence-electron chi connectivity index (χ3n) is 4.85. The fourth-order valence-corrected chi connectivity index (χ4v) is 3.73. The minimum atomic E-state index is -0.223. The Kier molecular flexibility index (Phi) is 3.93. The number of benzene rings is 1. The average Bonchev–Trinajstić information content (AvgIpc) is 2.69. The highest BCUT2D eigenvalue weighted by molar-refractivity contribution is 5.40. The van der Waals surface area contributed by atoms with E-state index in [9.17, 15) is 4.39 Å². The van der Waals surface area contributed by atoms with Gasteiger partial charge in [0.05, 0.1) is 0 Å². The average molecular weight is 292 g/mol. The molecule has 1 spiro atoms. The molecule has 0 saturated carbocycles. The third kappa shape index (κ3) is 2.79. The number of fused-ring (bicyclic) bond motifs is 1. The Bertz CT molecular complexity index is 510. The second kappa shape index (κ2) is 5.58. The Morgan fingerprint density at radius 1 is 1.43 bits per heavy atom. The molecule has 1 saturated heterocycles. The van der Waals surface area contributed by atoms with Crippen molar-refractivity contribution in [3.63, 3.8) is 0 Å². The number of likely N-dealkylation sites (tertiary alicyclic amines) is 1. The number of hydrogen-bond acceptors (Lipinski definition) is 3. The van der Waals surface area contributed by atoms with Crippen LogP contribution in [0.1, 0.15) is 44.7 Å². The van der Waals surface area contributed by atoms with Gasteiger partial charge in [0, 0.05) is 43.1 Å². The topological polar surface area (TPSA) is 24.5 Å². The summed E-state index contributed by atoms with van der Waals surface area (Å²) in [5.74, 6) is 0.497. The van der Waals surface area contributed by atoms with Gasteiger partial charge < -0.3 is 10.1 Å². The second-order valence-corrected chi connectivity index (χ2v) is 6.65. The lowest BCUT2D eigenvalue weighted by Gasteiger charge is -2.40. The molecule has 2 aliphatic heterocycles. The maximum Gasteiger partial charge on any atom is 0.127 e. The van der Waals surface area contributed by atoms with Gasteiger partial charge in [-0.1, -0.05) is 13.0 Å². The van der Waals surface area contributed by atoms with Crippen LogP contribution in [-0.4, -0.2) is 36.7 Å². The Balaban J connectivity index is 1.92. The van der Waals surface area contributed by atoms with E-state index in [1.807, 2.05) is 6.07 Å². The molecule has 1 fully saturated rings. The largest absolute Gasteiger partial charge is 0.485 e. The van der Waals surface area contributed by atoms with Crippen LogP contribution in [0.2, 0.25) is 0 Å². The molecule has 3 nitrogen and oxygen atoms in total. The van der Waals surface area contributed by atoms with Crippen molar-refractivity contribution in [3.8, 4) is 5.75 Å². The molecule has 2 heterocycles. The normalized spacial score (nSPS) is 32.2. The van der Waals surface area contributed by atoms with Crippen molar-refractivity contribution in [2.75, 3.05) is 20.1 Å². The molecular formula is C17H25FN2O. The second-order valence-electron chi connectivity index (χ2n) is 6.65. The van der Waals surface area contributed by atoms with Crippen molar-refractivity contribution in [1.82, 2.24) is 10.2 Å². The molecule has 3 unspecified atom stereocenters. The number of likely N-dealkylation sites (N-methyl/N-ethyl adjacent to an activating group) is 1. The maximum atomic E-state index is 13.6. The molecule has 1 aromatic rings. The van der Waals surface area contributed by atoms with E-state index in [1.54, 1.807) is 6.07 Å². The minimum Gasteiger partial charge on any atom is -0.485 e. The van der Waals surface area contributed by atoms with Crippen molar-refractivity contribution in [3.05, 3.63) is 29.6 Å². The fourth-order valence-electron chi connectivity index (χ4n) is 3.73. The summed E-state index contributed by atoms with van der Waals surface area (Å²) in [4.78, 5) is 2.33. The molecule has 2 aliphatic rings. The summed E-state index contributed by atoms with van der Waals surface area (Å²) in [5.41, 5.74) is 0.915. The highest BCUT2D eigenvalue weighted by atomic mass is 19.1. The van der Waals surface area contributed by atoms with Crippen LogP contribution < -0.4 is 10.1 Å². The van der Waals surface area contributed by atoms with Crippen molar-refractivity contribution in [2.24, 2.45) is 0 Å². The number of ether oxygens (including phenoxy) is 1. The summed E-state index contributed by atoms with van der Waals surface area (Å²) in [6, 6.07) is 5.71. The van der Waals surface area contributed by atoms with E-state index < -0.39 is 0 Å². The molecule has 4 heteroatoms. The van der Waals surface area contributed by atoms with Crippen molar-refractivity contribution < 1.29 is 9.13 Å². The first-order valence-electron chi connectivity index (χ1n) is 7.95. The number of nitrogens with one attached hydrogen (secondary N) is 1. The summed E-state index contributed by atoms with van der Waals surface area (Å²) in [6.07, 6.45) is 3.06. The first kappa shape index (κ1) is 14.8. The summed E-state index contributed by atoms with van der Waals surface area (Å²) in [6.45, 7) is 6.28. The van der Waals surface area contributed by atoms with Gasteiger partial charge in [0.2, 0.25) is 0 Å². The Morgan fingerprint density at radius 3 is 2.90 bits per heavy atom. The van der Waals surface area contributed by atoms with Gasteiger partial charge in [-0.25, -0.2) is 4.39 Å². The van der Waals surface area contributed by atoms with E-state index >= 15 is 0 Å². The summed E-state index contributed by atoms with van der Waals surface area (Å²) in [5, 5.41) is 3.61.